The van der Waals surface area contributed by atoms with Crippen LogP contribution in [0, 0.1) is 11.3 Å². The van der Waals surface area contributed by atoms with Gasteiger partial charge in [0, 0.05) is 19.6 Å². The van der Waals surface area contributed by atoms with Crippen LogP contribution >= 0.6 is 34.4 Å². The van der Waals surface area contributed by atoms with Gasteiger partial charge in [-0.3, -0.25) is 0 Å². The van der Waals surface area contributed by atoms with Crippen molar-refractivity contribution >= 4 is 44.2 Å². The second-order valence-electron chi connectivity index (χ2n) is 7.42. The molecule has 0 aliphatic heterocycles. The summed E-state index contributed by atoms with van der Waals surface area (Å²) >= 11 is 5.03. The number of nitrogens with zero attached hydrogens (tertiary/aromatic N) is 1. The van der Waals surface area contributed by atoms with E-state index in [1.165, 1.54) is 72.2 Å². The Bertz CT molecular complexity index is 835. The Morgan fingerprint density at radius 2 is 1.55 bits per heavy atom. The monoisotopic (exact) mass is 443 g/mol. The van der Waals surface area contributed by atoms with Gasteiger partial charge in [-0.25, -0.2) is 0 Å². The highest BCUT2D eigenvalue weighted by atomic mass is 32.2. The minimum atomic E-state index is 0.783. The molecule has 0 aliphatic rings. The average molecular weight is 444 g/mol. The van der Waals surface area contributed by atoms with Gasteiger partial charge in [0.15, 0.2) is 0 Å². The first-order valence-corrected chi connectivity index (χ1v) is 13.3. The van der Waals surface area contributed by atoms with Crippen molar-refractivity contribution in [2.24, 2.45) is 0 Å². The first-order valence-electron chi connectivity index (χ1n) is 10.8. The van der Waals surface area contributed by atoms with E-state index in [-0.39, 0.29) is 0 Å². The van der Waals surface area contributed by atoms with Crippen molar-refractivity contribution in [1.29, 1.82) is 5.26 Å². The second kappa shape index (κ2) is 13.1. The van der Waals surface area contributed by atoms with Crippen molar-refractivity contribution in [3.8, 4) is 6.07 Å². The molecule has 0 N–H and O–H groups in total. The van der Waals surface area contributed by atoms with Crippen molar-refractivity contribution < 1.29 is 0 Å². The quantitative estimate of drug-likeness (QED) is 0.272. The van der Waals surface area contributed by atoms with Crippen molar-refractivity contribution in [2.75, 3.05) is 0 Å². The third-order valence-electron chi connectivity index (χ3n) is 5.02. The van der Waals surface area contributed by atoms with E-state index < -0.39 is 0 Å². The molecular formula is C25H33NS3. The Kier molecular flexibility index (Phi) is 10.8. The summed E-state index contributed by atoms with van der Waals surface area (Å²) in [5, 5.41) is 11.5. The molecule has 0 atom stereocenters. The molecule has 0 aromatic carbocycles. The van der Waals surface area contributed by atoms with E-state index in [2.05, 4.69) is 50.6 Å². The molecule has 0 unspecified atom stereocenters. The zero-order valence-corrected chi connectivity index (χ0v) is 20.3. The summed E-state index contributed by atoms with van der Waals surface area (Å²) < 4.78 is 0. The maximum Gasteiger partial charge on any atom is 0.110 e. The first kappa shape index (κ1) is 24.0. The number of rotatable bonds is 14. The number of thiophene rings is 2. The Morgan fingerprint density at radius 3 is 2.17 bits per heavy atom. The Morgan fingerprint density at radius 1 is 0.931 bits per heavy atom. The number of hydrogen-bond donors (Lipinski definition) is 0. The van der Waals surface area contributed by atoms with Gasteiger partial charge in [-0.2, -0.15) is 5.26 Å². The van der Waals surface area contributed by atoms with E-state index in [1.54, 1.807) is 34.4 Å². The fraction of sp³-hybridized carbons (Fsp3) is 0.480. The van der Waals surface area contributed by atoms with Gasteiger partial charge in [0.1, 0.15) is 10.9 Å². The molecule has 29 heavy (non-hydrogen) atoms. The molecule has 2 aromatic heterocycles. The maximum absolute atomic E-state index is 9.36. The lowest BCUT2D eigenvalue weighted by atomic mass is 10.1. The van der Waals surface area contributed by atoms with Gasteiger partial charge in [0.25, 0.3) is 0 Å². The Balaban J connectivity index is 2.03. The van der Waals surface area contributed by atoms with Gasteiger partial charge in [-0.1, -0.05) is 77.3 Å². The number of thioether (sulfide) groups is 1. The van der Waals surface area contributed by atoms with Crippen LogP contribution in [0.1, 0.15) is 91.0 Å². The van der Waals surface area contributed by atoms with E-state index >= 15 is 0 Å². The van der Waals surface area contributed by atoms with E-state index in [0.29, 0.717) is 0 Å². The number of nitriles is 1. The molecule has 1 nitrogen and oxygen atoms in total. The second-order valence-corrected chi connectivity index (χ2v) is 10.6. The predicted molar refractivity (Wildman–Crippen MR) is 135 cm³/mol. The molecule has 0 fully saturated rings. The van der Waals surface area contributed by atoms with Crippen molar-refractivity contribution in [1.82, 2.24) is 0 Å². The maximum atomic E-state index is 9.36. The van der Waals surface area contributed by atoms with Crippen LogP contribution in [-0.4, -0.2) is 0 Å². The van der Waals surface area contributed by atoms with E-state index in [0.717, 1.165) is 27.5 Å². The summed E-state index contributed by atoms with van der Waals surface area (Å²) in [7, 11) is 0. The fourth-order valence-electron chi connectivity index (χ4n) is 3.41. The summed E-state index contributed by atoms with van der Waals surface area (Å²) in [6, 6.07) is 6.62. The van der Waals surface area contributed by atoms with Crippen molar-refractivity contribution in [3.63, 3.8) is 0 Å². The first-order chi connectivity index (χ1) is 14.1. The third-order valence-corrected chi connectivity index (χ3v) is 8.34. The van der Waals surface area contributed by atoms with Crippen LogP contribution in [0.2, 0.25) is 0 Å². The molecule has 156 valence electrons. The number of unbranched alkanes of at least 4 members (excludes halogenated alkanes) is 6. The summed E-state index contributed by atoms with van der Waals surface area (Å²) in [6.07, 6.45) is 12.2. The van der Waals surface area contributed by atoms with Gasteiger partial charge in [-0.15, -0.1) is 22.7 Å². The minimum Gasteiger partial charge on any atom is -0.192 e. The topological polar surface area (TPSA) is 23.8 Å². The van der Waals surface area contributed by atoms with E-state index in [4.69, 9.17) is 0 Å². The molecule has 0 radical (unpaired) electrons. The molecule has 0 aliphatic carbocycles. The molecule has 0 bridgehead atoms. The van der Waals surface area contributed by atoms with Crippen molar-refractivity contribution in [2.45, 2.75) is 78.1 Å². The van der Waals surface area contributed by atoms with Crippen LogP contribution in [0.15, 0.2) is 30.7 Å². The van der Waals surface area contributed by atoms with Gasteiger partial charge in [-0.05, 0) is 54.3 Å². The van der Waals surface area contributed by atoms with Crippen LogP contribution in [0.25, 0.3) is 9.81 Å². The zero-order chi connectivity index (χ0) is 21.1. The lowest BCUT2D eigenvalue weighted by Gasteiger charge is -2.10. The van der Waals surface area contributed by atoms with E-state index in [1.807, 2.05) is 0 Å². The number of aryl methyl sites for hydroxylation is 2. The molecule has 4 heteroatoms. The fourth-order valence-corrected chi connectivity index (χ4v) is 6.37. The highest BCUT2D eigenvalue weighted by Crippen LogP contribution is 2.43. The largest absolute Gasteiger partial charge is 0.192 e. The molecule has 2 heterocycles. The lowest BCUT2D eigenvalue weighted by Crippen LogP contribution is -1.89. The summed E-state index contributed by atoms with van der Waals surface area (Å²) in [4.78, 5) is 5.36. The third kappa shape index (κ3) is 7.48. The zero-order valence-electron chi connectivity index (χ0n) is 17.9. The van der Waals surface area contributed by atoms with Gasteiger partial charge < -0.3 is 0 Å². The SMILES string of the molecule is C=C(SC(=C)c1sc(C#N)cc1CCCCCC)c1sccc1CCCCCC. The lowest BCUT2D eigenvalue weighted by molar-refractivity contribution is 0.667. The van der Waals surface area contributed by atoms with Crippen LogP contribution in [0.4, 0.5) is 0 Å². The Labute approximate surface area is 189 Å². The van der Waals surface area contributed by atoms with Crippen LogP contribution in [-0.2, 0) is 12.8 Å². The predicted octanol–water partition coefficient (Wildman–Crippen LogP) is 9.30. The molecule has 0 saturated carbocycles. The molecule has 2 aromatic rings. The van der Waals surface area contributed by atoms with Gasteiger partial charge in [0.05, 0.1) is 0 Å². The smallest absolute Gasteiger partial charge is 0.110 e. The molecule has 0 amide bonds. The highest BCUT2D eigenvalue weighted by Gasteiger charge is 2.16. The summed E-state index contributed by atoms with van der Waals surface area (Å²) in [5.41, 5.74) is 2.69. The van der Waals surface area contributed by atoms with Gasteiger partial charge >= 0.3 is 0 Å². The minimum absolute atomic E-state index is 0.783. The average Bonchev–Trinajstić information content (AvgIpc) is 3.35. The molecule has 0 saturated heterocycles. The molecule has 2 rings (SSSR count). The van der Waals surface area contributed by atoms with Crippen LogP contribution in [0.5, 0.6) is 0 Å². The molecular weight excluding hydrogens is 410 g/mol. The summed E-state index contributed by atoms with van der Waals surface area (Å²) in [6.45, 7) is 13.2. The summed E-state index contributed by atoms with van der Waals surface area (Å²) in [5.74, 6) is 0. The normalized spacial score (nSPS) is 10.8. The van der Waals surface area contributed by atoms with Crippen molar-refractivity contribution in [3.05, 3.63) is 56.4 Å². The number of hydrogen-bond acceptors (Lipinski definition) is 4. The Hall–Kier alpha value is -1.28. The van der Waals surface area contributed by atoms with Gasteiger partial charge in [0.2, 0.25) is 0 Å². The standard InChI is InChI=1S/C25H33NS3/c1-5-7-9-11-13-21-15-16-27-24(21)19(3)28-20(4)25-22(14-12-10-8-6-2)17-23(18-26)29-25/h15-17H,3-14H2,1-2H3. The van der Waals surface area contributed by atoms with E-state index in [9.17, 15) is 5.26 Å². The highest BCUT2D eigenvalue weighted by molar-refractivity contribution is 8.16. The van der Waals surface area contributed by atoms with Crippen LogP contribution < -0.4 is 0 Å². The molecule has 0 spiro atoms. The van der Waals surface area contributed by atoms with Crippen LogP contribution in [0.3, 0.4) is 0 Å².